The van der Waals surface area contributed by atoms with E-state index in [2.05, 4.69) is 34.9 Å². The van der Waals surface area contributed by atoms with Crippen molar-refractivity contribution in [2.24, 2.45) is 0 Å². The van der Waals surface area contributed by atoms with Crippen molar-refractivity contribution in [2.75, 3.05) is 6.61 Å². The van der Waals surface area contributed by atoms with Crippen molar-refractivity contribution in [1.29, 1.82) is 0 Å². The number of amides is 2. The molecule has 1 saturated carbocycles. The van der Waals surface area contributed by atoms with Crippen LogP contribution in [0, 0.1) is 0 Å². The molecule has 2 aromatic rings. The van der Waals surface area contributed by atoms with Gasteiger partial charge in [0.05, 0.1) is 12.0 Å². The Morgan fingerprint density at radius 2 is 1.61 bits per heavy atom. The Kier molecular flexibility index (Phi) is 6.15. The summed E-state index contributed by atoms with van der Waals surface area (Å²) in [7, 11) is 0. The number of fused-ring (bicyclic) bond motifs is 3. The van der Waals surface area contributed by atoms with Gasteiger partial charge in [-0.05, 0) is 55.4 Å². The lowest BCUT2D eigenvalue weighted by molar-refractivity contribution is -0.138. The fourth-order valence-corrected chi connectivity index (χ4v) is 4.54. The molecule has 33 heavy (non-hydrogen) atoms. The molecule has 0 saturated heterocycles. The number of benzene rings is 2. The fraction of sp³-hybridized carbons (Fsp3) is 0.423. The Bertz CT molecular complexity index is 1030. The summed E-state index contributed by atoms with van der Waals surface area (Å²) in [4.78, 5) is 35.8. The first-order valence-corrected chi connectivity index (χ1v) is 11.3. The third-order valence-corrected chi connectivity index (χ3v) is 6.51. The van der Waals surface area contributed by atoms with Crippen LogP contribution in [0.1, 0.15) is 63.0 Å². The van der Waals surface area contributed by atoms with Crippen molar-refractivity contribution in [3.8, 4) is 11.1 Å². The summed E-state index contributed by atoms with van der Waals surface area (Å²) in [6, 6.07) is 16.3. The summed E-state index contributed by atoms with van der Waals surface area (Å²) >= 11 is 0. The van der Waals surface area contributed by atoms with Crippen molar-refractivity contribution >= 4 is 18.0 Å². The van der Waals surface area contributed by atoms with Crippen molar-refractivity contribution in [1.82, 2.24) is 10.6 Å². The van der Waals surface area contributed by atoms with E-state index in [4.69, 9.17) is 9.84 Å². The molecule has 0 radical (unpaired) electrons. The van der Waals surface area contributed by atoms with Crippen LogP contribution in [0.4, 0.5) is 4.79 Å². The SMILES string of the molecule is CC(C)(CCC(=O)NC1(CC(=O)O)CC1)NC(=O)OCC1c2ccccc2-c2ccccc21. The number of carboxylic acid groups (broad SMARTS) is 1. The second kappa shape index (κ2) is 8.89. The van der Waals surface area contributed by atoms with Gasteiger partial charge in [0.25, 0.3) is 0 Å². The summed E-state index contributed by atoms with van der Waals surface area (Å²) in [5.41, 5.74) is 3.40. The van der Waals surface area contributed by atoms with E-state index >= 15 is 0 Å². The third-order valence-electron chi connectivity index (χ3n) is 6.51. The Balaban J connectivity index is 1.28. The average Bonchev–Trinajstić information content (AvgIpc) is 3.42. The van der Waals surface area contributed by atoms with Gasteiger partial charge in [0.1, 0.15) is 6.61 Å². The lowest BCUT2D eigenvalue weighted by Gasteiger charge is -2.26. The number of alkyl carbamates (subject to hydrolysis) is 1. The van der Waals surface area contributed by atoms with Gasteiger partial charge in [-0.25, -0.2) is 4.79 Å². The first-order chi connectivity index (χ1) is 15.7. The van der Waals surface area contributed by atoms with Crippen LogP contribution in [-0.4, -0.2) is 40.8 Å². The van der Waals surface area contributed by atoms with Crippen molar-refractivity contribution in [3.63, 3.8) is 0 Å². The molecule has 2 amide bonds. The number of aliphatic carboxylic acids is 1. The number of hydrogen-bond acceptors (Lipinski definition) is 4. The minimum absolute atomic E-state index is 0.0130. The molecule has 2 aliphatic carbocycles. The molecule has 0 heterocycles. The first kappa shape index (κ1) is 22.8. The number of rotatable bonds is 9. The molecule has 174 valence electrons. The van der Waals surface area contributed by atoms with Crippen LogP contribution in [0.5, 0.6) is 0 Å². The van der Waals surface area contributed by atoms with Crippen LogP contribution in [0.2, 0.25) is 0 Å². The van der Waals surface area contributed by atoms with Crippen LogP contribution < -0.4 is 10.6 Å². The van der Waals surface area contributed by atoms with Gasteiger partial charge < -0.3 is 20.5 Å². The van der Waals surface area contributed by atoms with Crippen molar-refractivity contribution in [2.45, 2.75) is 62.9 Å². The van der Waals surface area contributed by atoms with E-state index in [-0.39, 0.29) is 31.3 Å². The molecule has 7 nitrogen and oxygen atoms in total. The van der Waals surface area contributed by atoms with E-state index < -0.39 is 23.1 Å². The van der Waals surface area contributed by atoms with Gasteiger partial charge in [-0.2, -0.15) is 0 Å². The Labute approximate surface area is 193 Å². The maximum absolute atomic E-state index is 12.5. The highest BCUT2D eigenvalue weighted by Crippen LogP contribution is 2.44. The lowest BCUT2D eigenvalue weighted by atomic mass is 9.97. The van der Waals surface area contributed by atoms with Crippen LogP contribution in [0.3, 0.4) is 0 Å². The summed E-state index contributed by atoms with van der Waals surface area (Å²) in [5, 5.41) is 14.7. The van der Waals surface area contributed by atoms with E-state index in [0.717, 1.165) is 11.1 Å². The molecule has 2 aliphatic rings. The Morgan fingerprint density at radius 3 is 2.15 bits per heavy atom. The van der Waals surface area contributed by atoms with Crippen LogP contribution in [0.15, 0.2) is 48.5 Å². The zero-order valence-electron chi connectivity index (χ0n) is 19.0. The quantitative estimate of drug-likeness (QED) is 0.531. The highest BCUT2D eigenvalue weighted by molar-refractivity contribution is 5.80. The van der Waals surface area contributed by atoms with E-state index in [9.17, 15) is 14.4 Å². The van der Waals surface area contributed by atoms with Crippen molar-refractivity contribution < 1.29 is 24.2 Å². The highest BCUT2D eigenvalue weighted by Gasteiger charge is 2.45. The number of hydrogen-bond donors (Lipinski definition) is 3. The van der Waals surface area contributed by atoms with Gasteiger partial charge in [-0.1, -0.05) is 48.5 Å². The molecule has 0 spiro atoms. The third kappa shape index (κ3) is 5.35. The van der Waals surface area contributed by atoms with Crippen LogP contribution in [0.25, 0.3) is 11.1 Å². The second-order valence-electron chi connectivity index (χ2n) is 9.73. The standard InChI is InChI=1S/C26H30N2O5/c1-25(2,12-11-22(29)27-26(13-14-26)15-23(30)31)28-24(32)33-16-21-19-9-5-3-7-17(19)18-8-4-6-10-20(18)21/h3-10,21H,11-16H2,1-2H3,(H,27,29)(H,28,32)(H,30,31). The Hall–Kier alpha value is -3.35. The number of nitrogens with one attached hydrogen (secondary N) is 2. The average molecular weight is 451 g/mol. The summed E-state index contributed by atoms with van der Waals surface area (Å²) < 4.78 is 5.60. The minimum atomic E-state index is -0.912. The monoisotopic (exact) mass is 450 g/mol. The lowest BCUT2D eigenvalue weighted by Crippen LogP contribution is -2.45. The highest BCUT2D eigenvalue weighted by atomic mass is 16.5. The molecule has 2 aromatic carbocycles. The first-order valence-electron chi connectivity index (χ1n) is 11.3. The summed E-state index contributed by atoms with van der Waals surface area (Å²) in [6.45, 7) is 3.91. The maximum atomic E-state index is 12.5. The summed E-state index contributed by atoms with van der Waals surface area (Å²) in [5.74, 6) is -1.12. The van der Waals surface area contributed by atoms with Gasteiger partial charge in [-0.3, -0.25) is 9.59 Å². The maximum Gasteiger partial charge on any atom is 0.407 e. The topological polar surface area (TPSA) is 105 Å². The molecule has 0 bridgehead atoms. The number of carbonyl (C=O) groups excluding carboxylic acids is 2. The molecular formula is C26H30N2O5. The molecule has 0 atom stereocenters. The number of carboxylic acids is 1. The van der Waals surface area contributed by atoms with E-state index in [1.54, 1.807) is 0 Å². The number of ether oxygens (including phenoxy) is 1. The molecule has 3 N–H and O–H groups in total. The van der Waals surface area contributed by atoms with Gasteiger partial charge >= 0.3 is 12.1 Å². The summed E-state index contributed by atoms with van der Waals surface area (Å²) in [6.07, 6.45) is 1.40. The van der Waals surface area contributed by atoms with Crippen LogP contribution in [-0.2, 0) is 14.3 Å². The molecule has 0 aliphatic heterocycles. The van der Waals surface area contributed by atoms with Gasteiger partial charge in [0.15, 0.2) is 0 Å². The molecule has 1 fully saturated rings. The molecular weight excluding hydrogens is 420 g/mol. The molecule has 4 rings (SSSR count). The zero-order valence-corrected chi connectivity index (χ0v) is 19.0. The van der Waals surface area contributed by atoms with Gasteiger partial charge in [-0.15, -0.1) is 0 Å². The van der Waals surface area contributed by atoms with Crippen LogP contribution >= 0.6 is 0 Å². The van der Waals surface area contributed by atoms with Crippen molar-refractivity contribution in [3.05, 3.63) is 59.7 Å². The molecule has 0 unspecified atom stereocenters. The number of carbonyl (C=O) groups is 3. The Morgan fingerprint density at radius 1 is 1.03 bits per heavy atom. The fourth-order valence-electron chi connectivity index (χ4n) is 4.54. The van der Waals surface area contributed by atoms with E-state index in [0.29, 0.717) is 19.3 Å². The smallest absolute Gasteiger partial charge is 0.407 e. The van der Waals surface area contributed by atoms with E-state index in [1.165, 1.54) is 11.1 Å². The largest absolute Gasteiger partial charge is 0.481 e. The molecule has 0 aromatic heterocycles. The predicted octanol–water partition coefficient (Wildman–Crippen LogP) is 4.21. The zero-order chi connectivity index (χ0) is 23.6. The van der Waals surface area contributed by atoms with E-state index in [1.807, 2.05) is 38.1 Å². The molecule has 7 heteroatoms. The second-order valence-corrected chi connectivity index (χ2v) is 9.73. The van der Waals surface area contributed by atoms with Gasteiger partial charge in [0.2, 0.25) is 5.91 Å². The predicted molar refractivity (Wildman–Crippen MR) is 124 cm³/mol. The minimum Gasteiger partial charge on any atom is -0.481 e. The van der Waals surface area contributed by atoms with Gasteiger partial charge in [0, 0.05) is 17.9 Å². The normalized spacial score (nSPS) is 15.8.